The SMILES string of the molecule is CC(C)(C)OC(=O)NCc1cccc(-n2nc(C(F)(F)F)cc2C(=O)Nc2cc(C(Br)(I)CCC3CC3)ccc2F)c1. The van der Waals surface area contributed by atoms with Crippen LogP contribution in [0.1, 0.15) is 73.8 Å². The van der Waals surface area contributed by atoms with Crippen LogP contribution in [0, 0.1) is 11.7 Å². The fourth-order valence-electron chi connectivity index (χ4n) is 4.14. The molecule has 1 atom stereocenters. The predicted molar refractivity (Wildman–Crippen MR) is 163 cm³/mol. The molecule has 2 aromatic carbocycles. The third-order valence-electron chi connectivity index (χ3n) is 6.42. The third kappa shape index (κ3) is 8.68. The average molecular weight is 765 g/mol. The number of carbonyl (C=O) groups excluding carboxylic acids is 2. The average Bonchev–Trinajstić information content (AvgIpc) is 3.60. The number of alkyl halides is 5. The molecule has 0 spiro atoms. The van der Waals surface area contributed by atoms with Crippen molar-refractivity contribution in [3.8, 4) is 5.69 Å². The van der Waals surface area contributed by atoms with Crippen LogP contribution in [-0.2, 0) is 19.8 Å². The molecule has 1 aliphatic carbocycles. The topological polar surface area (TPSA) is 85.2 Å². The summed E-state index contributed by atoms with van der Waals surface area (Å²) in [7, 11) is 0. The molecular formula is C29H30BrF4IN4O3. The third-order valence-corrected chi connectivity index (χ3v) is 8.44. The molecule has 1 saturated carbocycles. The van der Waals surface area contributed by atoms with E-state index in [1.807, 2.05) is 0 Å². The molecule has 226 valence electrons. The van der Waals surface area contributed by atoms with Crippen LogP contribution in [0.5, 0.6) is 0 Å². The van der Waals surface area contributed by atoms with Crippen LogP contribution in [0.4, 0.5) is 28.0 Å². The van der Waals surface area contributed by atoms with Crippen LogP contribution in [0.15, 0.2) is 48.5 Å². The number of nitrogens with one attached hydrogen (secondary N) is 2. The number of alkyl carbamates (subject to hydrolysis) is 1. The molecule has 1 aromatic heterocycles. The molecule has 1 aliphatic rings. The normalized spacial score (nSPS) is 15.2. The van der Waals surface area contributed by atoms with Gasteiger partial charge in [0.05, 0.1) is 11.4 Å². The number of benzene rings is 2. The number of rotatable bonds is 9. The quantitative estimate of drug-likeness (QED) is 0.130. The Morgan fingerprint density at radius 1 is 1.12 bits per heavy atom. The highest BCUT2D eigenvalue weighted by Gasteiger charge is 2.36. The van der Waals surface area contributed by atoms with Crippen molar-refractivity contribution in [3.05, 3.63) is 76.9 Å². The monoisotopic (exact) mass is 764 g/mol. The van der Waals surface area contributed by atoms with Gasteiger partial charge in [-0.1, -0.05) is 69.6 Å². The summed E-state index contributed by atoms with van der Waals surface area (Å²) < 4.78 is 61.3. The van der Waals surface area contributed by atoms with E-state index >= 15 is 0 Å². The van der Waals surface area contributed by atoms with Gasteiger partial charge in [-0.25, -0.2) is 13.9 Å². The smallest absolute Gasteiger partial charge is 0.435 e. The first-order valence-corrected chi connectivity index (χ1v) is 15.1. The van der Waals surface area contributed by atoms with Crippen molar-refractivity contribution < 1.29 is 31.9 Å². The number of amides is 2. The number of ether oxygens (including phenoxy) is 1. The lowest BCUT2D eigenvalue weighted by Gasteiger charge is -2.22. The van der Waals surface area contributed by atoms with Gasteiger partial charge in [0.1, 0.15) is 19.4 Å². The van der Waals surface area contributed by atoms with E-state index in [0.717, 1.165) is 23.1 Å². The Bertz CT molecular complexity index is 1470. The van der Waals surface area contributed by atoms with Crippen LogP contribution in [0.25, 0.3) is 5.69 Å². The fraction of sp³-hybridized carbons (Fsp3) is 0.414. The van der Waals surface area contributed by atoms with Gasteiger partial charge in [-0.05, 0) is 74.9 Å². The molecule has 0 bridgehead atoms. The highest BCUT2D eigenvalue weighted by molar-refractivity contribution is 14.1. The van der Waals surface area contributed by atoms with Gasteiger partial charge < -0.3 is 15.4 Å². The molecule has 42 heavy (non-hydrogen) atoms. The van der Waals surface area contributed by atoms with Crippen LogP contribution < -0.4 is 10.6 Å². The molecule has 1 unspecified atom stereocenters. The molecule has 2 N–H and O–H groups in total. The van der Waals surface area contributed by atoms with Crippen molar-refractivity contribution in [2.24, 2.45) is 5.92 Å². The van der Waals surface area contributed by atoms with E-state index in [9.17, 15) is 27.2 Å². The number of aromatic nitrogens is 2. The summed E-state index contributed by atoms with van der Waals surface area (Å²) in [6.07, 6.45) is -1.32. The van der Waals surface area contributed by atoms with Crippen LogP contribution in [0.3, 0.4) is 0 Å². The summed E-state index contributed by atoms with van der Waals surface area (Å²) in [5.74, 6) is -1.02. The first kappa shape index (κ1) is 32.2. The largest absolute Gasteiger partial charge is 0.444 e. The molecule has 7 nitrogen and oxygen atoms in total. The summed E-state index contributed by atoms with van der Waals surface area (Å²) in [5.41, 5.74) is -1.23. The Hall–Kier alpha value is -2.68. The Morgan fingerprint density at radius 3 is 2.48 bits per heavy atom. The molecular weight excluding hydrogens is 735 g/mol. The Kier molecular flexibility index (Phi) is 9.60. The lowest BCUT2D eigenvalue weighted by molar-refractivity contribution is -0.141. The second-order valence-corrected chi connectivity index (χ2v) is 15.9. The van der Waals surface area contributed by atoms with Crippen molar-refractivity contribution in [2.45, 2.75) is 67.1 Å². The zero-order chi connectivity index (χ0) is 30.9. The maximum absolute atomic E-state index is 14.8. The van der Waals surface area contributed by atoms with E-state index in [2.05, 4.69) is 54.3 Å². The molecule has 2 amide bonds. The fourth-order valence-corrected chi connectivity index (χ4v) is 5.26. The van der Waals surface area contributed by atoms with Gasteiger partial charge >= 0.3 is 12.3 Å². The Labute approximate surface area is 263 Å². The molecule has 0 radical (unpaired) electrons. The van der Waals surface area contributed by atoms with Crippen LogP contribution in [0.2, 0.25) is 0 Å². The second kappa shape index (κ2) is 12.5. The molecule has 13 heteroatoms. The van der Waals surface area contributed by atoms with E-state index in [1.54, 1.807) is 39.0 Å². The van der Waals surface area contributed by atoms with Crippen LogP contribution in [-0.4, -0.2) is 27.4 Å². The highest BCUT2D eigenvalue weighted by atomic mass is 127. The molecule has 3 aromatic rings. The van der Waals surface area contributed by atoms with Gasteiger partial charge in [0, 0.05) is 12.6 Å². The second-order valence-electron chi connectivity index (χ2n) is 11.2. The zero-order valence-corrected chi connectivity index (χ0v) is 26.9. The predicted octanol–water partition coefficient (Wildman–Crippen LogP) is 8.48. The number of hydrogen-bond donors (Lipinski definition) is 2. The Balaban J connectivity index is 1.60. The number of halogens is 6. The Morgan fingerprint density at radius 2 is 1.83 bits per heavy atom. The van der Waals surface area contributed by atoms with Crippen molar-refractivity contribution >= 4 is 56.2 Å². The van der Waals surface area contributed by atoms with Gasteiger partial charge in [-0.3, -0.25) is 4.79 Å². The van der Waals surface area contributed by atoms with E-state index in [0.29, 0.717) is 17.5 Å². The lowest BCUT2D eigenvalue weighted by atomic mass is 10.1. The van der Waals surface area contributed by atoms with E-state index in [4.69, 9.17) is 4.74 Å². The summed E-state index contributed by atoms with van der Waals surface area (Å²) >= 11 is 5.93. The van der Waals surface area contributed by atoms with Gasteiger partial charge in [0.2, 0.25) is 0 Å². The summed E-state index contributed by atoms with van der Waals surface area (Å²) in [6, 6.07) is 11.1. The van der Waals surface area contributed by atoms with E-state index in [1.165, 1.54) is 37.1 Å². The van der Waals surface area contributed by atoms with Gasteiger partial charge in [-0.15, -0.1) is 0 Å². The van der Waals surface area contributed by atoms with Crippen molar-refractivity contribution in [3.63, 3.8) is 0 Å². The minimum Gasteiger partial charge on any atom is -0.444 e. The minimum atomic E-state index is -4.83. The molecule has 1 fully saturated rings. The maximum Gasteiger partial charge on any atom is 0.435 e. The first-order valence-electron chi connectivity index (χ1n) is 13.2. The number of hydrogen-bond acceptors (Lipinski definition) is 4. The molecule has 4 rings (SSSR count). The van der Waals surface area contributed by atoms with Gasteiger partial charge in [-0.2, -0.15) is 18.3 Å². The summed E-state index contributed by atoms with van der Waals surface area (Å²) in [4.78, 5) is 25.4. The summed E-state index contributed by atoms with van der Waals surface area (Å²) in [5, 5.41) is 8.65. The maximum atomic E-state index is 14.8. The van der Waals surface area contributed by atoms with Crippen molar-refractivity contribution in [1.82, 2.24) is 15.1 Å². The van der Waals surface area contributed by atoms with Gasteiger partial charge in [0.15, 0.2) is 5.69 Å². The first-order chi connectivity index (χ1) is 19.5. The lowest BCUT2D eigenvalue weighted by Crippen LogP contribution is -2.32. The number of anilines is 1. The highest BCUT2D eigenvalue weighted by Crippen LogP contribution is 2.47. The van der Waals surface area contributed by atoms with E-state index in [-0.39, 0.29) is 17.9 Å². The van der Waals surface area contributed by atoms with Gasteiger partial charge in [0.25, 0.3) is 5.91 Å². The summed E-state index contributed by atoms with van der Waals surface area (Å²) in [6.45, 7) is 5.16. The molecule has 0 aliphatic heterocycles. The molecule has 1 heterocycles. The minimum absolute atomic E-state index is 0.0149. The molecule has 0 saturated heterocycles. The zero-order valence-electron chi connectivity index (χ0n) is 23.1. The van der Waals surface area contributed by atoms with Crippen molar-refractivity contribution in [2.75, 3.05) is 5.32 Å². The number of nitrogens with zero attached hydrogens (tertiary/aromatic N) is 2. The van der Waals surface area contributed by atoms with Crippen molar-refractivity contribution in [1.29, 1.82) is 0 Å². The standard InChI is InChI=1S/C29H30BrF4IN4O3/c1-27(2,3)42-26(41)36-16-18-5-4-6-20(13-18)39-23(15-24(38-39)29(32,33)34)25(40)37-22-14-19(9-10-21(22)31)28(30,35)12-11-17-7-8-17/h4-6,9-10,13-15,17H,7-8,11-12,16H2,1-3H3,(H,36,41)(H,37,40). The van der Waals surface area contributed by atoms with Crippen LogP contribution >= 0.6 is 38.5 Å². The van der Waals surface area contributed by atoms with E-state index < -0.39 is 43.3 Å². The number of carbonyl (C=O) groups is 2.